The third-order valence-corrected chi connectivity index (χ3v) is 10.9. The predicted octanol–water partition coefficient (Wildman–Crippen LogP) is 16.0. The van der Waals surface area contributed by atoms with E-state index in [2.05, 4.69) is 45.1 Å². The van der Waals surface area contributed by atoms with Crippen LogP contribution in [0.4, 0.5) is 0 Å². The highest BCUT2D eigenvalue weighted by molar-refractivity contribution is 5.71. The maximum absolute atomic E-state index is 12.7. The molecule has 6 heteroatoms. The van der Waals surface area contributed by atoms with Crippen molar-refractivity contribution in [3.63, 3.8) is 0 Å². The number of carbonyl (C=O) groups is 3. The monoisotopic (exact) mass is 803 g/mol. The van der Waals surface area contributed by atoms with Crippen LogP contribution in [0, 0.1) is 0 Å². The molecule has 0 saturated carbocycles. The van der Waals surface area contributed by atoms with Crippen molar-refractivity contribution in [3.05, 3.63) is 24.3 Å². The number of hydrogen-bond acceptors (Lipinski definition) is 6. The molecule has 0 aliphatic heterocycles. The first-order valence-corrected chi connectivity index (χ1v) is 24.8. The van der Waals surface area contributed by atoms with Gasteiger partial charge in [0.15, 0.2) is 6.10 Å². The third kappa shape index (κ3) is 44.8. The van der Waals surface area contributed by atoms with Crippen LogP contribution in [0.25, 0.3) is 0 Å². The van der Waals surface area contributed by atoms with Crippen molar-refractivity contribution in [2.75, 3.05) is 13.2 Å². The maximum atomic E-state index is 12.7. The summed E-state index contributed by atoms with van der Waals surface area (Å²) in [6, 6.07) is 0. The highest BCUT2D eigenvalue weighted by Gasteiger charge is 2.19. The Morgan fingerprint density at radius 3 is 0.930 bits per heavy atom. The van der Waals surface area contributed by atoms with E-state index in [0.717, 1.165) is 83.5 Å². The fourth-order valence-electron chi connectivity index (χ4n) is 7.12. The zero-order valence-electron chi connectivity index (χ0n) is 38.1. The highest BCUT2D eigenvalue weighted by Crippen LogP contribution is 2.15. The van der Waals surface area contributed by atoms with Crippen LogP contribution in [0.3, 0.4) is 0 Å². The van der Waals surface area contributed by atoms with E-state index < -0.39 is 6.10 Å². The lowest BCUT2D eigenvalue weighted by atomic mass is 10.1. The second-order valence-electron chi connectivity index (χ2n) is 16.7. The smallest absolute Gasteiger partial charge is 0.306 e. The van der Waals surface area contributed by atoms with Crippen molar-refractivity contribution in [2.24, 2.45) is 0 Å². The zero-order valence-corrected chi connectivity index (χ0v) is 38.1. The molecule has 0 aliphatic carbocycles. The molecule has 0 heterocycles. The molecule has 0 aliphatic rings. The van der Waals surface area contributed by atoms with Crippen molar-refractivity contribution < 1.29 is 28.6 Å². The van der Waals surface area contributed by atoms with Crippen molar-refractivity contribution >= 4 is 17.9 Å². The first-order valence-electron chi connectivity index (χ1n) is 24.8. The molecular formula is C51H94O6. The second kappa shape index (κ2) is 46.6. The largest absolute Gasteiger partial charge is 0.462 e. The molecule has 0 spiro atoms. The molecule has 0 aromatic carbocycles. The van der Waals surface area contributed by atoms with Crippen LogP contribution in [-0.2, 0) is 28.6 Å². The maximum Gasteiger partial charge on any atom is 0.306 e. The van der Waals surface area contributed by atoms with E-state index in [1.165, 1.54) is 141 Å². The van der Waals surface area contributed by atoms with Gasteiger partial charge in [0.25, 0.3) is 0 Å². The minimum absolute atomic E-state index is 0.0761. The summed E-state index contributed by atoms with van der Waals surface area (Å²) in [5, 5.41) is 0. The lowest BCUT2D eigenvalue weighted by molar-refractivity contribution is -0.167. The SMILES string of the molecule is CCCC/C=C\CCCCCCC(=O)OCC(COC(=O)CCCCCCC/C=C\CCCCCCCCCCC)OC(=O)CCCCCCCCCCCCC. The summed E-state index contributed by atoms with van der Waals surface area (Å²) in [5.74, 6) is -0.890. The van der Waals surface area contributed by atoms with Gasteiger partial charge < -0.3 is 14.2 Å². The molecule has 57 heavy (non-hydrogen) atoms. The first-order chi connectivity index (χ1) is 28.0. The van der Waals surface area contributed by atoms with Gasteiger partial charge in [0.2, 0.25) is 0 Å². The van der Waals surface area contributed by atoms with E-state index in [-0.39, 0.29) is 31.1 Å². The van der Waals surface area contributed by atoms with Crippen LogP contribution in [0.2, 0.25) is 0 Å². The van der Waals surface area contributed by atoms with Crippen LogP contribution >= 0.6 is 0 Å². The van der Waals surface area contributed by atoms with Gasteiger partial charge in [-0.15, -0.1) is 0 Å². The van der Waals surface area contributed by atoms with Gasteiger partial charge in [-0.3, -0.25) is 14.4 Å². The van der Waals surface area contributed by atoms with Gasteiger partial charge in [-0.1, -0.05) is 206 Å². The molecule has 0 aromatic heterocycles. The molecule has 0 N–H and O–H groups in total. The van der Waals surface area contributed by atoms with Crippen molar-refractivity contribution in [1.82, 2.24) is 0 Å². The molecule has 0 fully saturated rings. The van der Waals surface area contributed by atoms with Crippen LogP contribution in [0.1, 0.15) is 265 Å². The van der Waals surface area contributed by atoms with Crippen molar-refractivity contribution in [1.29, 1.82) is 0 Å². The van der Waals surface area contributed by atoms with Gasteiger partial charge in [0, 0.05) is 19.3 Å². The van der Waals surface area contributed by atoms with E-state index in [4.69, 9.17) is 14.2 Å². The highest BCUT2D eigenvalue weighted by atomic mass is 16.6. The van der Waals surface area contributed by atoms with E-state index in [1.807, 2.05) is 0 Å². The molecule has 1 unspecified atom stereocenters. The standard InChI is InChI=1S/C51H94O6/c1-4-7-10-13-16-19-22-23-24-25-26-27-28-30-32-35-38-41-44-50(53)56-47-48(46-55-49(52)43-40-37-34-31-21-18-15-12-9-6-3)57-51(54)45-42-39-36-33-29-20-17-14-11-8-5-2/h15,18,26-27,48H,4-14,16-17,19-25,28-47H2,1-3H3/b18-15-,27-26-. The number of esters is 3. The predicted molar refractivity (Wildman–Crippen MR) is 243 cm³/mol. The Bertz CT molecular complexity index is 927. The fraction of sp³-hybridized carbons (Fsp3) is 0.863. The Hall–Kier alpha value is -2.11. The summed E-state index contributed by atoms with van der Waals surface area (Å²) in [7, 11) is 0. The Kier molecular flexibility index (Phi) is 44.9. The van der Waals surface area contributed by atoms with Gasteiger partial charge in [-0.2, -0.15) is 0 Å². The zero-order chi connectivity index (χ0) is 41.5. The lowest BCUT2D eigenvalue weighted by Gasteiger charge is -2.18. The summed E-state index contributed by atoms with van der Waals surface area (Å²) >= 11 is 0. The Morgan fingerprint density at radius 2 is 0.596 bits per heavy atom. The molecule has 1 atom stereocenters. The number of hydrogen-bond donors (Lipinski definition) is 0. The first kappa shape index (κ1) is 54.9. The normalized spacial score (nSPS) is 12.1. The Balaban J connectivity index is 4.29. The van der Waals surface area contributed by atoms with E-state index in [1.54, 1.807) is 0 Å². The van der Waals surface area contributed by atoms with Gasteiger partial charge in [0.1, 0.15) is 13.2 Å². The summed E-state index contributed by atoms with van der Waals surface area (Å²) in [6.07, 6.45) is 51.6. The molecule has 0 rings (SSSR count). The minimum Gasteiger partial charge on any atom is -0.462 e. The number of allylic oxidation sites excluding steroid dienone is 4. The summed E-state index contributed by atoms with van der Waals surface area (Å²) in [4.78, 5) is 37.8. The minimum atomic E-state index is -0.772. The molecule has 0 radical (unpaired) electrons. The molecule has 334 valence electrons. The van der Waals surface area contributed by atoms with Crippen LogP contribution < -0.4 is 0 Å². The van der Waals surface area contributed by atoms with Crippen molar-refractivity contribution in [3.8, 4) is 0 Å². The molecule has 0 bridgehead atoms. The lowest BCUT2D eigenvalue weighted by Crippen LogP contribution is -2.30. The van der Waals surface area contributed by atoms with E-state index in [0.29, 0.717) is 19.3 Å². The third-order valence-electron chi connectivity index (χ3n) is 10.9. The van der Waals surface area contributed by atoms with Crippen molar-refractivity contribution in [2.45, 2.75) is 271 Å². The van der Waals surface area contributed by atoms with Gasteiger partial charge in [0.05, 0.1) is 0 Å². The molecule has 6 nitrogen and oxygen atoms in total. The number of carbonyl (C=O) groups excluding carboxylic acids is 3. The summed E-state index contributed by atoms with van der Waals surface area (Å²) in [6.45, 7) is 6.58. The molecule has 0 saturated heterocycles. The second-order valence-corrected chi connectivity index (χ2v) is 16.7. The fourth-order valence-corrected chi connectivity index (χ4v) is 7.12. The number of ether oxygens (including phenoxy) is 3. The molecular weight excluding hydrogens is 709 g/mol. The molecule has 0 aromatic rings. The number of rotatable bonds is 45. The van der Waals surface area contributed by atoms with Crippen LogP contribution in [0.5, 0.6) is 0 Å². The number of unbranched alkanes of at least 4 members (excludes halogenated alkanes) is 30. The quantitative estimate of drug-likeness (QED) is 0.0264. The summed E-state index contributed by atoms with van der Waals surface area (Å²) < 4.78 is 16.7. The average molecular weight is 803 g/mol. The van der Waals surface area contributed by atoms with Gasteiger partial charge in [-0.05, 0) is 64.2 Å². The molecule has 0 amide bonds. The van der Waals surface area contributed by atoms with E-state index in [9.17, 15) is 14.4 Å². The topological polar surface area (TPSA) is 78.9 Å². The Labute approximate surface area is 353 Å². The van der Waals surface area contributed by atoms with Gasteiger partial charge in [-0.25, -0.2) is 0 Å². The van der Waals surface area contributed by atoms with Crippen LogP contribution in [-0.4, -0.2) is 37.2 Å². The summed E-state index contributed by atoms with van der Waals surface area (Å²) in [5.41, 5.74) is 0. The van der Waals surface area contributed by atoms with Gasteiger partial charge >= 0.3 is 17.9 Å². The Morgan fingerprint density at radius 1 is 0.333 bits per heavy atom. The van der Waals surface area contributed by atoms with E-state index >= 15 is 0 Å². The average Bonchev–Trinajstić information content (AvgIpc) is 3.21. The van der Waals surface area contributed by atoms with Crippen LogP contribution in [0.15, 0.2) is 24.3 Å².